The van der Waals surface area contributed by atoms with E-state index in [0.29, 0.717) is 12.0 Å². The van der Waals surface area contributed by atoms with E-state index in [1.54, 1.807) is 0 Å². The third kappa shape index (κ3) is 3.97. The van der Waals surface area contributed by atoms with Crippen LogP contribution in [0.15, 0.2) is 0 Å². The molecule has 2 saturated carbocycles. The Morgan fingerprint density at radius 2 is 2.00 bits per heavy atom. The molecule has 15 heavy (non-hydrogen) atoms. The van der Waals surface area contributed by atoms with Crippen LogP contribution in [0.1, 0.15) is 32.1 Å². The van der Waals surface area contributed by atoms with E-state index in [1.165, 1.54) is 12.8 Å². The van der Waals surface area contributed by atoms with Crippen LogP contribution < -0.4 is 11.1 Å². The molecule has 0 aromatic carbocycles. The van der Waals surface area contributed by atoms with Crippen LogP contribution in [0, 0.1) is 5.92 Å². The summed E-state index contributed by atoms with van der Waals surface area (Å²) in [5, 5.41) is 12.4. The van der Waals surface area contributed by atoms with Gasteiger partial charge in [0.1, 0.15) is 6.10 Å². The molecule has 4 N–H and O–H groups in total. The van der Waals surface area contributed by atoms with Crippen molar-refractivity contribution >= 4 is 18.3 Å². The van der Waals surface area contributed by atoms with Crippen molar-refractivity contribution in [2.24, 2.45) is 11.7 Å². The summed E-state index contributed by atoms with van der Waals surface area (Å²) >= 11 is 0. The van der Waals surface area contributed by atoms with Crippen molar-refractivity contribution in [3.63, 3.8) is 0 Å². The molecule has 2 aliphatic rings. The molecule has 0 aliphatic heterocycles. The number of nitrogens with two attached hydrogens (primary N) is 1. The maximum absolute atomic E-state index is 11.4. The Balaban J connectivity index is 0.00000112. The van der Waals surface area contributed by atoms with Gasteiger partial charge in [0.25, 0.3) is 5.91 Å². The standard InChI is InChI=1S/C10H18N2O2.ClH/c11-8(5-6-1-2-6)9(13)10(14)12-7-3-4-7;/h6-9,13H,1-5,11H2,(H,12,14);1H. The summed E-state index contributed by atoms with van der Waals surface area (Å²) in [6, 6.07) is -0.0912. The number of carbonyl (C=O) groups excluding carboxylic acids is 1. The summed E-state index contributed by atoms with van der Waals surface area (Å²) in [4.78, 5) is 11.4. The zero-order valence-electron chi connectivity index (χ0n) is 8.69. The fourth-order valence-electron chi connectivity index (χ4n) is 1.58. The first kappa shape index (κ1) is 12.7. The largest absolute Gasteiger partial charge is 0.382 e. The van der Waals surface area contributed by atoms with Gasteiger partial charge in [-0.1, -0.05) is 12.8 Å². The highest BCUT2D eigenvalue weighted by Crippen LogP contribution is 2.33. The monoisotopic (exact) mass is 234 g/mol. The summed E-state index contributed by atoms with van der Waals surface area (Å²) in [6.45, 7) is 0. The number of nitrogens with one attached hydrogen (secondary N) is 1. The average Bonchev–Trinajstić information content (AvgIpc) is 2.97. The Labute approximate surface area is 96.0 Å². The van der Waals surface area contributed by atoms with E-state index in [0.717, 1.165) is 19.3 Å². The lowest BCUT2D eigenvalue weighted by atomic mass is 10.0. The number of rotatable bonds is 5. The molecule has 5 heteroatoms. The van der Waals surface area contributed by atoms with E-state index >= 15 is 0 Å². The molecule has 0 spiro atoms. The van der Waals surface area contributed by atoms with Gasteiger partial charge in [0, 0.05) is 12.1 Å². The van der Waals surface area contributed by atoms with Crippen LogP contribution in [-0.4, -0.2) is 29.2 Å². The Kier molecular flexibility index (Phi) is 4.37. The molecule has 88 valence electrons. The first-order valence-electron chi connectivity index (χ1n) is 5.41. The maximum atomic E-state index is 11.4. The summed E-state index contributed by atoms with van der Waals surface area (Å²) in [5.41, 5.74) is 5.74. The van der Waals surface area contributed by atoms with Gasteiger partial charge >= 0.3 is 0 Å². The smallest absolute Gasteiger partial charge is 0.250 e. The molecule has 2 unspecified atom stereocenters. The maximum Gasteiger partial charge on any atom is 0.250 e. The fraction of sp³-hybridized carbons (Fsp3) is 0.900. The zero-order chi connectivity index (χ0) is 10.1. The van der Waals surface area contributed by atoms with Crippen LogP contribution in [0.3, 0.4) is 0 Å². The van der Waals surface area contributed by atoms with Crippen LogP contribution in [0.5, 0.6) is 0 Å². The minimum atomic E-state index is -1.02. The Bertz CT molecular complexity index is 229. The number of carbonyl (C=O) groups is 1. The first-order chi connectivity index (χ1) is 6.66. The van der Waals surface area contributed by atoms with E-state index in [4.69, 9.17) is 5.73 Å². The van der Waals surface area contributed by atoms with Crippen LogP contribution in [-0.2, 0) is 4.79 Å². The van der Waals surface area contributed by atoms with Crippen molar-refractivity contribution in [1.29, 1.82) is 0 Å². The van der Waals surface area contributed by atoms with Gasteiger partial charge in [-0.2, -0.15) is 0 Å². The lowest BCUT2D eigenvalue weighted by Crippen LogP contribution is -2.47. The number of amides is 1. The van der Waals surface area contributed by atoms with Gasteiger partial charge in [-0.25, -0.2) is 0 Å². The minimum Gasteiger partial charge on any atom is -0.382 e. The normalized spacial score (nSPS) is 23.9. The molecule has 0 aromatic rings. The average molecular weight is 235 g/mol. The summed E-state index contributed by atoms with van der Waals surface area (Å²) < 4.78 is 0. The van der Waals surface area contributed by atoms with Gasteiger partial charge in [0.05, 0.1) is 0 Å². The number of aliphatic hydroxyl groups excluding tert-OH is 1. The van der Waals surface area contributed by atoms with Gasteiger partial charge in [0.15, 0.2) is 0 Å². The van der Waals surface area contributed by atoms with E-state index in [-0.39, 0.29) is 24.4 Å². The second kappa shape index (κ2) is 5.14. The molecule has 2 fully saturated rings. The molecule has 0 saturated heterocycles. The van der Waals surface area contributed by atoms with Crippen molar-refractivity contribution in [1.82, 2.24) is 5.32 Å². The molecular weight excluding hydrogens is 216 g/mol. The van der Waals surface area contributed by atoms with Gasteiger partial charge in [0.2, 0.25) is 0 Å². The van der Waals surface area contributed by atoms with E-state index in [2.05, 4.69) is 5.32 Å². The van der Waals surface area contributed by atoms with Crippen molar-refractivity contribution in [3.8, 4) is 0 Å². The predicted octanol–water partition coefficient (Wildman–Crippen LogP) is 0.175. The predicted molar refractivity (Wildman–Crippen MR) is 59.7 cm³/mol. The molecule has 2 aliphatic carbocycles. The Hall–Kier alpha value is -0.320. The van der Waals surface area contributed by atoms with Gasteiger partial charge in [-0.15, -0.1) is 12.4 Å². The lowest BCUT2D eigenvalue weighted by molar-refractivity contribution is -0.130. The molecule has 0 heterocycles. The first-order valence-corrected chi connectivity index (χ1v) is 5.41. The van der Waals surface area contributed by atoms with Crippen molar-refractivity contribution in [2.75, 3.05) is 0 Å². The number of hydrogen-bond acceptors (Lipinski definition) is 3. The second-order valence-electron chi connectivity index (χ2n) is 4.57. The Morgan fingerprint density at radius 1 is 1.40 bits per heavy atom. The Morgan fingerprint density at radius 3 is 2.47 bits per heavy atom. The van der Waals surface area contributed by atoms with Crippen molar-refractivity contribution < 1.29 is 9.90 Å². The van der Waals surface area contributed by atoms with Gasteiger partial charge < -0.3 is 16.2 Å². The van der Waals surface area contributed by atoms with Crippen LogP contribution >= 0.6 is 12.4 Å². The van der Waals surface area contributed by atoms with E-state index in [9.17, 15) is 9.90 Å². The third-order valence-corrected chi connectivity index (χ3v) is 2.90. The van der Waals surface area contributed by atoms with E-state index < -0.39 is 6.10 Å². The molecule has 0 bridgehead atoms. The summed E-state index contributed by atoms with van der Waals surface area (Å²) in [6.07, 6.45) is 4.23. The lowest BCUT2D eigenvalue weighted by Gasteiger charge is -2.17. The molecular formula is C10H19ClN2O2. The number of aliphatic hydroxyl groups is 1. The summed E-state index contributed by atoms with van der Waals surface area (Å²) in [7, 11) is 0. The molecule has 2 atom stereocenters. The van der Waals surface area contributed by atoms with E-state index in [1.807, 2.05) is 0 Å². The minimum absolute atomic E-state index is 0. The molecule has 4 nitrogen and oxygen atoms in total. The third-order valence-electron chi connectivity index (χ3n) is 2.90. The molecule has 2 rings (SSSR count). The fourth-order valence-corrected chi connectivity index (χ4v) is 1.58. The van der Waals surface area contributed by atoms with Gasteiger partial charge in [-0.3, -0.25) is 4.79 Å². The highest BCUT2D eigenvalue weighted by molar-refractivity contribution is 5.85. The van der Waals surface area contributed by atoms with Crippen LogP contribution in [0.2, 0.25) is 0 Å². The van der Waals surface area contributed by atoms with Crippen LogP contribution in [0.4, 0.5) is 0 Å². The van der Waals surface area contributed by atoms with Crippen molar-refractivity contribution in [3.05, 3.63) is 0 Å². The quantitative estimate of drug-likeness (QED) is 0.635. The van der Waals surface area contributed by atoms with Gasteiger partial charge in [-0.05, 0) is 25.2 Å². The summed E-state index contributed by atoms with van der Waals surface area (Å²) in [5.74, 6) is 0.356. The van der Waals surface area contributed by atoms with Crippen LogP contribution in [0.25, 0.3) is 0 Å². The molecule has 0 aromatic heterocycles. The molecule has 0 radical (unpaired) electrons. The number of halogens is 1. The highest BCUT2D eigenvalue weighted by atomic mass is 35.5. The number of hydrogen-bond donors (Lipinski definition) is 3. The highest BCUT2D eigenvalue weighted by Gasteiger charge is 2.32. The molecule has 1 amide bonds. The second-order valence-corrected chi connectivity index (χ2v) is 4.57. The van der Waals surface area contributed by atoms with Crippen molar-refractivity contribution in [2.45, 2.75) is 50.3 Å². The topological polar surface area (TPSA) is 75.3 Å². The zero-order valence-corrected chi connectivity index (χ0v) is 9.50. The SMILES string of the molecule is Cl.NC(CC1CC1)C(O)C(=O)NC1CC1.